The third-order valence-electron chi connectivity index (χ3n) is 4.74. The topological polar surface area (TPSA) is 75.7 Å². The van der Waals surface area contributed by atoms with Crippen LogP contribution in [0.25, 0.3) is 0 Å². The Labute approximate surface area is 164 Å². The average molecular weight is 380 g/mol. The molecular formula is C22H24N2O4. The molecule has 0 spiro atoms. The second kappa shape index (κ2) is 8.69. The molecule has 1 N–H and O–H groups in total. The number of carbonyl (C=O) groups is 3. The van der Waals surface area contributed by atoms with Gasteiger partial charge in [0.05, 0.1) is 0 Å². The van der Waals surface area contributed by atoms with Crippen LogP contribution in [-0.4, -0.2) is 41.8 Å². The molecule has 0 bridgehead atoms. The van der Waals surface area contributed by atoms with Crippen molar-refractivity contribution in [2.24, 2.45) is 0 Å². The summed E-state index contributed by atoms with van der Waals surface area (Å²) in [6, 6.07) is 14.2. The van der Waals surface area contributed by atoms with E-state index in [1.54, 1.807) is 35.2 Å². The Morgan fingerprint density at radius 1 is 1.00 bits per heavy atom. The van der Waals surface area contributed by atoms with Gasteiger partial charge in [0.25, 0.3) is 11.8 Å². The Kier molecular flexibility index (Phi) is 6.09. The van der Waals surface area contributed by atoms with Crippen LogP contribution in [0.5, 0.6) is 5.75 Å². The standard InChI is InChI=1S/C22H24N2O4/c1-15-5-3-6-17(13-15)21(26)23-19-9-11-24(12-10-19)22(27)18-7-4-8-20(14-18)28-16(2)25/h3-8,13-14,19H,9-12H2,1-2H3,(H,23,26). The van der Waals surface area contributed by atoms with Crippen LogP contribution in [0.1, 0.15) is 46.0 Å². The van der Waals surface area contributed by atoms with E-state index < -0.39 is 5.97 Å². The van der Waals surface area contributed by atoms with E-state index in [0.717, 1.165) is 5.56 Å². The van der Waals surface area contributed by atoms with E-state index in [0.29, 0.717) is 42.8 Å². The Bertz CT molecular complexity index is 886. The number of nitrogens with one attached hydrogen (secondary N) is 1. The average Bonchev–Trinajstić information content (AvgIpc) is 2.68. The van der Waals surface area contributed by atoms with Crippen LogP contribution in [0.15, 0.2) is 48.5 Å². The summed E-state index contributed by atoms with van der Waals surface area (Å²) in [7, 11) is 0. The first-order valence-corrected chi connectivity index (χ1v) is 9.37. The SMILES string of the molecule is CC(=O)Oc1cccc(C(=O)N2CCC(NC(=O)c3cccc(C)c3)CC2)c1. The maximum Gasteiger partial charge on any atom is 0.308 e. The summed E-state index contributed by atoms with van der Waals surface area (Å²) in [5, 5.41) is 3.06. The number of hydrogen-bond acceptors (Lipinski definition) is 4. The fraction of sp³-hybridized carbons (Fsp3) is 0.318. The number of aryl methyl sites for hydroxylation is 1. The minimum absolute atomic E-state index is 0.0458. The Morgan fingerprint density at radius 2 is 1.68 bits per heavy atom. The van der Waals surface area contributed by atoms with Crippen molar-refractivity contribution in [1.82, 2.24) is 10.2 Å². The highest BCUT2D eigenvalue weighted by molar-refractivity contribution is 5.95. The molecule has 0 aromatic heterocycles. The van der Waals surface area contributed by atoms with Crippen LogP contribution >= 0.6 is 0 Å². The lowest BCUT2D eigenvalue weighted by Crippen LogP contribution is -2.46. The van der Waals surface area contributed by atoms with Crippen LogP contribution < -0.4 is 10.1 Å². The molecule has 0 saturated carbocycles. The van der Waals surface area contributed by atoms with E-state index in [-0.39, 0.29) is 17.9 Å². The van der Waals surface area contributed by atoms with Gasteiger partial charge in [-0.2, -0.15) is 0 Å². The number of nitrogens with zero attached hydrogens (tertiary/aromatic N) is 1. The normalized spacial score (nSPS) is 14.4. The summed E-state index contributed by atoms with van der Waals surface area (Å²) in [5.74, 6) is -0.242. The number of carbonyl (C=O) groups excluding carboxylic acids is 3. The first-order valence-electron chi connectivity index (χ1n) is 9.37. The number of hydrogen-bond donors (Lipinski definition) is 1. The molecule has 0 radical (unpaired) electrons. The Morgan fingerprint density at radius 3 is 2.36 bits per heavy atom. The number of rotatable bonds is 4. The molecule has 2 aromatic carbocycles. The van der Waals surface area contributed by atoms with Gasteiger partial charge in [-0.05, 0) is 50.1 Å². The molecule has 6 nitrogen and oxygen atoms in total. The molecule has 0 atom stereocenters. The van der Waals surface area contributed by atoms with E-state index in [1.165, 1.54) is 6.92 Å². The van der Waals surface area contributed by atoms with E-state index in [4.69, 9.17) is 4.74 Å². The van der Waals surface area contributed by atoms with Gasteiger partial charge >= 0.3 is 5.97 Å². The number of likely N-dealkylation sites (tertiary alicyclic amines) is 1. The second-order valence-corrected chi connectivity index (χ2v) is 7.03. The van der Waals surface area contributed by atoms with Gasteiger partial charge in [-0.25, -0.2) is 0 Å². The van der Waals surface area contributed by atoms with E-state index >= 15 is 0 Å². The monoisotopic (exact) mass is 380 g/mol. The molecule has 1 aliphatic heterocycles. The Hall–Kier alpha value is -3.15. The molecule has 28 heavy (non-hydrogen) atoms. The second-order valence-electron chi connectivity index (χ2n) is 7.03. The van der Waals surface area contributed by atoms with Gasteiger partial charge in [0, 0.05) is 37.2 Å². The van der Waals surface area contributed by atoms with Crippen LogP contribution in [0.2, 0.25) is 0 Å². The van der Waals surface area contributed by atoms with Gasteiger partial charge in [0.2, 0.25) is 0 Å². The van der Waals surface area contributed by atoms with Crippen molar-refractivity contribution < 1.29 is 19.1 Å². The molecular weight excluding hydrogens is 356 g/mol. The maximum atomic E-state index is 12.7. The zero-order valence-corrected chi connectivity index (χ0v) is 16.1. The van der Waals surface area contributed by atoms with Crippen molar-refractivity contribution in [2.45, 2.75) is 32.7 Å². The molecule has 1 saturated heterocycles. The molecule has 2 aromatic rings. The lowest BCUT2D eigenvalue weighted by Gasteiger charge is -2.32. The lowest BCUT2D eigenvalue weighted by molar-refractivity contribution is -0.131. The quantitative estimate of drug-likeness (QED) is 0.654. The van der Waals surface area contributed by atoms with E-state index in [1.807, 2.05) is 25.1 Å². The van der Waals surface area contributed by atoms with Crippen molar-refractivity contribution in [1.29, 1.82) is 0 Å². The van der Waals surface area contributed by atoms with Crippen molar-refractivity contribution >= 4 is 17.8 Å². The van der Waals surface area contributed by atoms with E-state index in [9.17, 15) is 14.4 Å². The van der Waals surface area contributed by atoms with E-state index in [2.05, 4.69) is 5.32 Å². The fourth-order valence-corrected chi connectivity index (χ4v) is 3.32. The third kappa shape index (κ3) is 4.97. The molecule has 3 rings (SSSR count). The van der Waals surface area contributed by atoms with Crippen molar-refractivity contribution in [3.05, 3.63) is 65.2 Å². The van der Waals surface area contributed by atoms with Crippen LogP contribution in [-0.2, 0) is 4.79 Å². The van der Waals surface area contributed by atoms with Crippen molar-refractivity contribution in [3.63, 3.8) is 0 Å². The maximum absolute atomic E-state index is 12.7. The zero-order valence-electron chi connectivity index (χ0n) is 16.1. The van der Waals surface area contributed by atoms with Gasteiger partial charge < -0.3 is 15.0 Å². The molecule has 0 aliphatic carbocycles. The minimum Gasteiger partial charge on any atom is -0.427 e. The summed E-state index contributed by atoms with van der Waals surface area (Å²) in [4.78, 5) is 38.0. The van der Waals surface area contributed by atoms with Gasteiger partial charge in [-0.1, -0.05) is 23.8 Å². The fourth-order valence-electron chi connectivity index (χ4n) is 3.32. The number of amides is 2. The molecule has 146 valence electrons. The summed E-state index contributed by atoms with van der Waals surface area (Å²) in [6.07, 6.45) is 1.40. The summed E-state index contributed by atoms with van der Waals surface area (Å²) < 4.78 is 5.05. The molecule has 2 amide bonds. The summed E-state index contributed by atoms with van der Waals surface area (Å²) in [6.45, 7) is 4.41. The van der Waals surface area contributed by atoms with Gasteiger partial charge in [0.15, 0.2) is 0 Å². The largest absolute Gasteiger partial charge is 0.427 e. The summed E-state index contributed by atoms with van der Waals surface area (Å²) >= 11 is 0. The van der Waals surface area contributed by atoms with Crippen molar-refractivity contribution in [2.75, 3.05) is 13.1 Å². The highest BCUT2D eigenvalue weighted by Crippen LogP contribution is 2.18. The van der Waals surface area contributed by atoms with Gasteiger partial charge in [-0.15, -0.1) is 0 Å². The van der Waals surface area contributed by atoms with Crippen molar-refractivity contribution in [3.8, 4) is 5.75 Å². The first kappa shape index (κ1) is 19.6. The highest BCUT2D eigenvalue weighted by atomic mass is 16.5. The third-order valence-corrected chi connectivity index (χ3v) is 4.74. The number of ether oxygens (including phenoxy) is 1. The van der Waals surface area contributed by atoms with Gasteiger partial charge in [-0.3, -0.25) is 14.4 Å². The smallest absolute Gasteiger partial charge is 0.308 e. The predicted molar refractivity (Wildman–Crippen MR) is 105 cm³/mol. The molecule has 1 aliphatic rings. The number of benzene rings is 2. The minimum atomic E-state index is -0.422. The zero-order chi connectivity index (χ0) is 20.1. The molecule has 1 fully saturated rings. The predicted octanol–water partition coefficient (Wildman–Crippen LogP) is 2.95. The molecule has 1 heterocycles. The van der Waals surface area contributed by atoms with Crippen LogP contribution in [0.3, 0.4) is 0 Å². The number of esters is 1. The highest BCUT2D eigenvalue weighted by Gasteiger charge is 2.25. The van der Waals surface area contributed by atoms with Crippen LogP contribution in [0, 0.1) is 6.92 Å². The number of piperidine rings is 1. The first-order chi connectivity index (χ1) is 13.4. The summed E-state index contributed by atoms with van der Waals surface area (Å²) in [5.41, 5.74) is 2.19. The Balaban J connectivity index is 1.55. The van der Waals surface area contributed by atoms with Crippen LogP contribution in [0.4, 0.5) is 0 Å². The lowest BCUT2D eigenvalue weighted by atomic mass is 10.0. The van der Waals surface area contributed by atoms with Gasteiger partial charge in [0.1, 0.15) is 5.75 Å². The molecule has 6 heteroatoms. The molecule has 0 unspecified atom stereocenters.